The molecule has 0 aliphatic carbocycles. The first-order chi connectivity index (χ1) is 10.2. The third kappa shape index (κ3) is 3.43. The molecule has 1 aliphatic rings. The van der Waals surface area contributed by atoms with Gasteiger partial charge in [-0.2, -0.15) is 0 Å². The van der Waals surface area contributed by atoms with Gasteiger partial charge in [0.2, 0.25) is 0 Å². The minimum atomic E-state index is -0.492. The molecule has 2 atom stereocenters. The first-order valence-corrected chi connectivity index (χ1v) is 7.66. The van der Waals surface area contributed by atoms with E-state index >= 15 is 0 Å². The number of hydrogen-bond donors (Lipinski definition) is 2. The first kappa shape index (κ1) is 14.5. The van der Waals surface area contributed by atoms with E-state index in [1.807, 2.05) is 18.2 Å². The molecular formula is C18H23NO2. The number of nitrogens with one attached hydrogen (secondary N) is 1. The van der Waals surface area contributed by atoms with Crippen molar-refractivity contribution in [2.24, 2.45) is 0 Å². The average Bonchev–Trinajstić information content (AvgIpc) is 2.53. The fourth-order valence-electron chi connectivity index (χ4n) is 2.95. The fourth-order valence-corrected chi connectivity index (χ4v) is 2.95. The number of fused-ring (bicyclic) bond motifs is 1. The molecule has 3 nitrogen and oxygen atoms in total. The molecule has 2 aromatic carbocycles. The molecule has 0 bridgehead atoms. The highest BCUT2D eigenvalue weighted by Gasteiger charge is 2.27. The summed E-state index contributed by atoms with van der Waals surface area (Å²) in [6, 6.07) is 14.4. The van der Waals surface area contributed by atoms with Crippen molar-refractivity contribution < 1.29 is 9.84 Å². The molecule has 1 fully saturated rings. The van der Waals surface area contributed by atoms with Crippen molar-refractivity contribution in [3.8, 4) is 0 Å². The van der Waals surface area contributed by atoms with Gasteiger partial charge in [0.1, 0.15) is 0 Å². The molecule has 3 rings (SSSR count). The summed E-state index contributed by atoms with van der Waals surface area (Å²) >= 11 is 0. The van der Waals surface area contributed by atoms with Gasteiger partial charge in [0.25, 0.3) is 0 Å². The van der Waals surface area contributed by atoms with E-state index < -0.39 is 6.10 Å². The molecule has 2 aromatic rings. The van der Waals surface area contributed by atoms with E-state index in [-0.39, 0.29) is 5.54 Å². The molecule has 1 saturated heterocycles. The van der Waals surface area contributed by atoms with Crippen LogP contribution in [0.3, 0.4) is 0 Å². The zero-order valence-electron chi connectivity index (χ0n) is 12.5. The lowest BCUT2D eigenvalue weighted by Gasteiger charge is -2.35. The summed E-state index contributed by atoms with van der Waals surface area (Å²) in [4.78, 5) is 0. The molecule has 3 heteroatoms. The number of β-amino-alcohol motifs (C(OH)–C–C–N with tert-alkyl or cyclic N) is 1. The van der Waals surface area contributed by atoms with Gasteiger partial charge in [0.05, 0.1) is 12.7 Å². The standard InChI is InChI=1S/C18H23NO2/c1-18(9-4-10-21-13-18)19-12-17(20)16-8-7-14-5-2-3-6-15(14)11-16/h2-3,5-8,11,17,19-20H,4,9-10,12-13H2,1H3. The average molecular weight is 285 g/mol. The quantitative estimate of drug-likeness (QED) is 0.907. The van der Waals surface area contributed by atoms with E-state index in [1.165, 1.54) is 10.8 Å². The van der Waals surface area contributed by atoms with E-state index in [4.69, 9.17) is 4.74 Å². The lowest BCUT2D eigenvalue weighted by atomic mass is 9.94. The van der Waals surface area contributed by atoms with Gasteiger partial charge in [-0.25, -0.2) is 0 Å². The van der Waals surface area contributed by atoms with Crippen molar-refractivity contribution in [3.05, 3.63) is 48.0 Å². The predicted molar refractivity (Wildman–Crippen MR) is 85.4 cm³/mol. The zero-order valence-corrected chi connectivity index (χ0v) is 12.5. The second-order valence-corrected chi connectivity index (χ2v) is 6.22. The molecular weight excluding hydrogens is 262 g/mol. The monoisotopic (exact) mass is 285 g/mol. The molecule has 112 valence electrons. The van der Waals surface area contributed by atoms with Crippen LogP contribution in [0.4, 0.5) is 0 Å². The Morgan fingerprint density at radius 1 is 1.24 bits per heavy atom. The Hall–Kier alpha value is -1.42. The van der Waals surface area contributed by atoms with E-state index in [0.29, 0.717) is 6.54 Å². The first-order valence-electron chi connectivity index (χ1n) is 7.66. The van der Waals surface area contributed by atoms with Crippen molar-refractivity contribution in [1.82, 2.24) is 5.32 Å². The molecule has 1 heterocycles. The molecule has 2 N–H and O–H groups in total. The van der Waals surface area contributed by atoms with Gasteiger partial charge in [-0.15, -0.1) is 0 Å². The van der Waals surface area contributed by atoms with Crippen molar-refractivity contribution in [3.63, 3.8) is 0 Å². The highest BCUT2D eigenvalue weighted by atomic mass is 16.5. The summed E-state index contributed by atoms with van der Waals surface area (Å²) in [5, 5.41) is 16.3. The Morgan fingerprint density at radius 2 is 2.05 bits per heavy atom. The molecule has 0 amide bonds. The lowest BCUT2D eigenvalue weighted by molar-refractivity contribution is 0.0221. The van der Waals surface area contributed by atoms with Crippen molar-refractivity contribution >= 4 is 10.8 Å². The van der Waals surface area contributed by atoms with Crippen LogP contribution < -0.4 is 5.32 Å². The van der Waals surface area contributed by atoms with Crippen LogP contribution in [0.5, 0.6) is 0 Å². The molecule has 0 radical (unpaired) electrons. The second-order valence-electron chi connectivity index (χ2n) is 6.22. The molecule has 2 unspecified atom stereocenters. The Morgan fingerprint density at radius 3 is 2.81 bits per heavy atom. The Balaban J connectivity index is 1.67. The maximum Gasteiger partial charge on any atom is 0.0914 e. The van der Waals surface area contributed by atoms with Crippen LogP contribution >= 0.6 is 0 Å². The number of ether oxygens (including phenoxy) is 1. The summed E-state index contributed by atoms with van der Waals surface area (Å²) in [7, 11) is 0. The van der Waals surface area contributed by atoms with Gasteiger partial charge in [-0.3, -0.25) is 0 Å². The molecule has 0 aromatic heterocycles. The van der Waals surface area contributed by atoms with Gasteiger partial charge < -0.3 is 15.2 Å². The van der Waals surface area contributed by atoms with Crippen LogP contribution in [0.1, 0.15) is 31.4 Å². The minimum Gasteiger partial charge on any atom is -0.387 e. The highest BCUT2D eigenvalue weighted by molar-refractivity contribution is 5.83. The van der Waals surface area contributed by atoms with E-state index in [2.05, 4.69) is 36.5 Å². The predicted octanol–water partition coefficient (Wildman–Crippen LogP) is 3.03. The smallest absolute Gasteiger partial charge is 0.0914 e. The molecule has 0 saturated carbocycles. The minimum absolute atomic E-state index is 0.0178. The lowest BCUT2D eigenvalue weighted by Crippen LogP contribution is -2.50. The van der Waals surface area contributed by atoms with Crippen LogP contribution in [0.2, 0.25) is 0 Å². The van der Waals surface area contributed by atoms with Gasteiger partial charge >= 0.3 is 0 Å². The summed E-state index contributed by atoms with van der Waals surface area (Å²) < 4.78 is 5.54. The van der Waals surface area contributed by atoms with Crippen molar-refractivity contribution in [1.29, 1.82) is 0 Å². The van der Waals surface area contributed by atoms with Crippen LogP contribution in [-0.2, 0) is 4.74 Å². The number of hydrogen-bond acceptors (Lipinski definition) is 3. The maximum absolute atomic E-state index is 10.4. The zero-order chi connectivity index (χ0) is 14.7. The maximum atomic E-state index is 10.4. The van der Waals surface area contributed by atoms with Crippen LogP contribution in [0.25, 0.3) is 10.8 Å². The number of benzene rings is 2. The normalized spacial score (nSPS) is 24.1. The number of aliphatic hydroxyl groups is 1. The third-order valence-corrected chi connectivity index (χ3v) is 4.32. The van der Waals surface area contributed by atoms with Gasteiger partial charge in [0.15, 0.2) is 0 Å². The SMILES string of the molecule is CC1(NCC(O)c2ccc3ccccc3c2)CCCOC1. The highest BCUT2D eigenvalue weighted by Crippen LogP contribution is 2.22. The Kier molecular flexibility index (Phi) is 4.24. The van der Waals surface area contributed by atoms with Crippen molar-refractivity contribution in [2.45, 2.75) is 31.4 Å². The number of rotatable bonds is 4. The summed E-state index contributed by atoms with van der Waals surface area (Å²) in [6.45, 7) is 4.29. The van der Waals surface area contributed by atoms with Gasteiger partial charge in [0, 0.05) is 18.7 Å². The van der Waals surface area contributed by atoms with Crippen LogP contribution in [-0.4, -0.2) is 30.4 Å². The van der Waals surface area contributed by atoms with E-state index in [0.717, 1.165) is 31.6 Å². The summed E-state index contributed by atoms with van der Waals surface area (Å²) in [5.41, 5.74) is 0.942. The largest absolute Gasteiger partial charge is 0.387 e. The fraction of sp³-hybridized carbons (Fsp3) is 0.444. The topological polar surface area (TPSA) is 41.5 Å². The number of aliphatic hydroxyl groups excluding tert-OH is 1. The Bertz CT molecular complexity index is 605. The van der Waals surface area contributed by atoms with Crippen molar-refractivity contribution in [2.75, 3.05) is 19.8 Å². The summed E-state index contributed by atoms with van der Waals surface area (Å²) in [5.74, 6) is 0. The summed E-state index contributed by atoms with van der Waals surface area (Å²) in [6.07, 6.45) is 1.68. The molecule has 0 spiro atoms. The van der Waals surface area contributed by atoms with E-state index in [9.17, 15) is 5.11 Å². The van der Waals surface area contributed by atoms with Crippen LogP contribution in [0, 0.1) is 0 Å². The van der Waals surface area contributed by atoms with Gasteiger partial charge in [-0.05, 0) is 42.2 Å². The molecule has 1 aliphatic heterocycles. The second kappa shape index (κ2) is 6.14. The Labute approximate surface area is 125 Å². The molecule has 21 heavy (non-hydrogen) atoms. The van der Waals surface area contributed by atoms with Crippen LogP contribution in [0.15, 0.2) is 42.5 Å². The van der Waals surface area contributed by atoms with Gasteiger partial charge in [-0.1, -0.05) is 36.4 Å². The third-order valence-electron chi connectivity index (χ3n) is 4.32. The van der Waals surface area contributed by atoms with E-state index in [1.54, 1.807) is 0 Å².